The van der Waals surface area contributed by atoms with Gasteiger partial charge in [0.05, 0.1) is 28.2 Å². The van der Waals surface area contributed by atoms with Crippen molar-refractivity contribution in [2.45, 2.75) is 19.9 Å². The molecule has 0 spiro atoms. The van der Waals surface area contributed by atoms with Gasteiger partial charge in [-0.05, 0) is 29.7 Å². The van der Waals surface area contributed by atoms with Crippen LogP contribution in [0.1, 0.15) is 12.3 Å². The Hall–Kier alpha value is -2.64. The van der Waals surface area contributed by atoms with E-state index in [9.17, 15) is 13.0 Å². The number of aromatic nitrogens is 2. The number of hydrogen-bond donors (Lipinski definition) is 0. The second kappa shape index (κ2) is 6.26. The molecule has 2 aromatic heterocycles. The van der Waals surface area contributed by atoms with E-state index in [1.54, 1.807) is 0 Å². The monoisotopic (exact) mass is 370 g/mol. The first-order valence-electron chi connectivity index (χ1n) is 8.35. The number of benzene rings is 2. The molecule has 4 rings (SSSR count). The highest BCUT2D eigenvalue weighted by Crippen LogP contribution is 2.23. The number of rotatable bonds is 5. The van der Waals surface area contributed by atoms with Gasteiger partial charge in [0.1, 0.15) is 0 Å². The third-order valence-electron chi connectivity index (χ3n) is 4.52. The molecule has 6 nitrogen and oxygen atoms in total. The number of hydrogen-bond acceptors (Lipinski definition) is 4. The molecule has 0 aliphatic rings. The Labute approximate surface area is 151 Å². The van der Waals surface area contributed by atoms with Crippen LogP contribution in [0.25, 0.3) is 27.7 Å². The molecule has 26 heavy (non-hydrogen) atoms. The highest BCUT2D eigenvalue weighted by atomic mass is 32.2. The van der Waals surface area contributed by atoms with Gasteiger partial charge < -0.3 is 13.5 Å². The van der Waals surface area contributed by atoms with E-state index in [2.05, 4.69) is 22.8 Å². The van der Waals surface area contributed by atoms with Crippen molar-refractivity contribution in [1.29, 1.82) is 0 Å². The molecular weight excluding hydrogens is 352 g/mol. The van der Waals surface area contributed by atoms with Crippen molar-refractivity contribution in [3.8, 4) is 5.69 Å². The summed E-state index contributed by atoms with van der Waals surface area (Å²) in [5.74, 6) is 0.298. The van der Waals surface area contributed by atoms with Gasteiger partial charge in [0, 0.05) is 24.4 Å². The van der Waals surface area contributed by atoms with Crippen molar-refractivity contribution in [1.82, 2.24) is 4.57 Å². The topological polar surface area (TPSA) is 79.1 Å². The summed E-state index contributed by atoms with van der Waals surface area (Å²) in [5.41, 5.74) is 3.70. The number of aryl methyl sites for hydroxylation is 2. The second-order valence-electron chi connectivity index (χ2n) is 6.28. The number of para-hydroxylation sites is 1. The van der Waals surface area contributed by atoms with Crippen LogP contribution in [0.4, 0.5) is 0 Å². The molecular formula is C19H18N2O4S. The Morgan fingerprint density at radius 2 is 1.96 bits per heavy atom. The van der Waals surface area contributed by atoms with Crippen LogP contribution in [-0.4, -0.2) is 23.3 Å². The molecule has 0 saturated heterocycles. The van der Waals surface area contributed by atoms with Crippen molar-refractivity contribution in [2.75, 3.05) is 5.75 Å². The van der Waals surface area contributed by atoms with Gasteiger partial charge >= 0.3 is 5.89 Å². The first-order chi connectivity index (χ1) is 12.4. The molecule has 134 valence electrons. The molecule has 4 aromatic rings. The fourth-order valence-corrected chi connectivity index (χ4v) is 3.80. The zero-order chi connectivity index (χ0) is 18.3. The average molecular weight is 370 g/mol. The minimum absolute atomic E-state index is 0.253. The van der Waals surface area contributed by atoms with Crippen LogP contribution in [0, 0.1) is 6.92 Å². The van der Waals surface area contributed by atoms with Crippen molar-refractivity contribution in [3.05, 3.63) is 60.6 Å². The summed E-state index contributed by atoms with van der Waals surface area (Å²) in [4.78, 5) is 0. The molecule has 2 heterocycles. The van der Waals surface area contributed by atoms with Crippen LogP contribution in [-0.2, 0) is 16.7 Å². The third-order valence-corrected chi connectivity index (χ3v) is 5.31. The SMILES string of the molecule is Cc1oc2ccc(-n3ccc4ccccc43)cc2[n+]1CCCS(=O)(=O)[O-]. The Kier molecular flexibility index (Phi) is 4.05. The van der Waals surface area contributed by atoms with E-state index < -0.39 is 10.1 Å². The molecule has 0 amide bonds. The van der Waals surface area contributed by atoms with Gasteiger partial charge in [0.25, 0.3) is 5.52 Å². The second-order valence-corrected chi connectivity index (χ2v) is 7.81. The van der Waals surface area contributed by atoms with Gasteiger partial charge in [-0.2, -0.15) is 4.57 Å². The quantitative estimate of drug-likeness (QED) is 0.400. The maximum atomic E-state index is 10.9. The molecule has 2 aromatic carbocycles. The molecule has 0 bridgehead atoms. The highest BCUT2D eigenvalue weighted by molar-refractivity contribution is 7.85. The fourth-order valence-electron chi connectivity index (χ4n) is 3.32. The highest BCUT2D eigenvalue weighted by Gasteiger charge is 2.20. The molecule has 7 heteroatoms. The minimum Gasteiger partial charge on any atom is -0.748 e. The predicted molar refractivity (Wildman–Crippen MR) is 97.2 cm³/mol. The van der Waals surface area contributed by atoms with E-state index in [1.807, 2.05) is 48.0 Å². The zero-order valence-electron chi connectivity index (χ0n) is 14.3. The Morgan fingerprint density at radius 3 is 2.77 bits per heavy atom. The van der Waals surface area contributed by atoms with Gasteiger partial charge in [-0.15, -0.1) is 0 Å². The predicted octanol–water partition coefficient (Wildman–Crippen LogP) is 2.91. The van der Waals surface area contributed by atoms with Crippen LogP contribution in [0.3, 0.4) is 0 Å². The summed E-state index contributed by atoms with van der Waals surface area (Å²) in [6.45, 7) is 2.24. The first kappa shape index (κ1) is 16.8. The van der Waals surface area contributed by atoms with E-state index >= 15 is 0 Å². The van der Waals surface area contributed by atoms with Crippen LogP contribution >= 0.6 is 0 Å². The summed E-state index contributed by atoms with van der Waals surface area (Å²) in [5, 5.41) is 1.16. The van der Waals surface area contributed by atoms with E-state index in [1.165, 1.54) is 0 Å². The van der Waals surface area contributed by atoms with Gasteiger partial charge in [0.2, 0.25) is 5.58 Å². The summed E-state index contributed by atoms with van der Waals surface area (Å²) in [6, 6.07) is 16.1. The lowest BCUT2D eigenvalue weighted by Gasteiger charge is -2.05. The molecule has 0 atom stereocenters. The van der Waals surface area contributed by atoms with Crippen molar-refractivity contribution in [2.24, 2.45) is 0 Å². The molecule has 0 fully saturated rings. The zero-order valence-corrected chi connectivity index (χ0v) is 15.1. The molecule has 0 unspecified atom stereocenters. The average Bonchev–Trinajstić information content (AvgIpc) is 3.15. The maximum absolute atomic E-state index is 10.9. The normalized spacial score (nSPS) is 12.2. The number of fused-ring (bicyclic) bond motifs is 2. The van der Waals surface area contributed by atoms with E-state index in [-0.39, 0.29) is 12.2 Å². The summed E-state index contributed by atoms with van der Waals surface area (Å²) in [7, 11) is -4.21. The molecule has 0 saturated carbocycles. The van der Waals surface area contributed by atoms with Gasteiger partial charge in [-0.1, -0.05) is 18.2 Å². The summed E-state index contributed by atoms with van der Waals surface area (Å²) >= 11 is 0. The number of nitrogens with zero attached hydrogens (tertiary/aromatic N) is 2. The smallest absolute Gasteiger partial charge is 0.344 e. The van der Waals surface area contributed by atoms with Crippen LogP contribution < -0.4 is 4.57 Å². The first-order valence-corrected chi connectivity index (χ1v) is 9.93. The molecule has 0 aliphatic carbocycles. The molecule has 0 aliphatic heterocycles. The lowest BCUT2D eigenvalue weighted by molar-refractivity contribution is -0.682. The number of oxazole rings is 1. The van der Waals surface area contributed by atoms with E-state index in [4.69, 9.17) is 4.42 Å². The fraction of sp³-hybridized carbons (Fsp3) is 0.211. The van der Waals surface area contributed by atoms with E-state index in [0.717, 1.165) is 27.7 Å². The minimum atomic E-state index is -4.21. The van der Waals surface area contributed by atoms with Crippen molar-refractivity contribution >= 4 is 32.1 Å². The van der Waals surface area contributed by atoms with Gasteiger partial charge in [-0.25, -0.2) is 8.42 Å². The molecule has 0 radical (unpaired) electrons. The lowest BCUT2D eigenvalue weighted by atomic mass is 10.2. The van der Waals surface area contributed by atoms with Crippen LogP contribution in [0.2, 0.25) is 0 Å². The van der Waals surface area contributed by atoms with Crippen LogP contribution in [0.15, 0.2) is 59.1 Å². The van der Waals surface area contributed by atoms with Crippen molar-refractivity contribution in [3.63, 3.8) is 0 Å². The molecule has 0 N–H and O–H groups in total. The van der Waals surface area contributed by atoms with Crippen LogP contribution in [0.5, 0.6) is 0 Å². The summed E-state index contributed by atoms with van der Waals surface area (Å²) in [6.07, 6.45) is 2.27. The third kappa shape index (κ3) is 3.11. The Bertz CT molecular complexity index is 1200. The standard InChI is InChI=1S/C19H18N2O4S/c1-14-20(10-4-12-26(22,23)24)18-13-16(7-8-19(18)25-14)21-11-9-15-5-2-3-6-17(15)21/h2-3,5-9,11,13H,4,10,12H2,1H3. The van der Waals surface area contributed by atoms with Crippen molar-refractivity contribution < 1.29 is 22.0 Å². The lowest BCUT2D eigenvalue weighted by Crippen LogP contribution is -2.36. The van der Waals surface area contributed by atoms with E-state index in [0.29, 0.717) is 12.4 Å². The Balaban J connectivity index is 1.75. The van der Waals surface area contributed by atoms with Gasteiger partial charge in [0.15, 0.2) is 6.54 Å². The Morgan fingerprint density at radius 1 is 1.15 bits per heavy atom. The van der Waals surface area contributed by atoms with Gasteiger partial charge in [-0.3, -0.25) is 0 Å². The maximum Gasteiger partial charge on any atom is 0.344 e. The summed E-state index contributed by atoms with van der Waals surface area (Å²) < 4.78 is 42.3. The largest absolute Gasteiger partial charge is 0.748 e.